The van der Waals surface area contributed by atoms with Gasteiger partial charge in [0.25, 0.3) is 0 Å². The molecular formula is C11H14BrN3O. The predicted octanol–water partition coefficient (Wildman–Crippen LogP) is 1.64. The molecule has 2 heterocycles. The van der Waals surface area contributed by atoms with Crippen molar-refractivity contribution < 1.29 is 4.79 Å². The van der Waals surface area contributed by atoms with Gasteiger partial charge < -0.3 is 10.6 Å². The fraction of sp³-hybridized carbons (Fsp3) is 0.455. The SMILES string of the molecule is CC1CNCC1C(=O)Nc1ccncc1Br. The van der Waals surface area contributed by atoms with Gasteiger partial charge in [0.05, 0.1) is 16.1 Å². The van der Waals surface area contributed by atoms with Crippen LogP contribution in [0.2, 0.25) is 0 Å². The highest BCUT2D eigenvalue weighted by Gasteiger charge is 2.29. The van der Waals surface area contributed by atoms with E-state index < -0.39 is 0 Å². The summed E-state index contributed by atoms with van der Waals surface area (Å²) in [5, 5.41) is 6.14. The maximum atomic E-state index is 12.0. The Morgan fingerprint density at radius 3 is 3.06 bits per heavy atom. The normalized spacial score (nSPS) is 24.4. The lowest BCUT2D eigenvalue weighted by molar-refractivity contribution is -0.120. The van der Waals surface area contributed by atoms with Crippen molar-refractivity contribution in [3.63, 3.8) is 0 Å². The van der Waals surface area contributed by atoms with Crippen LogP contribution < -0.4 is 10.6 Å². The number of hydrogen-bond acceptors (Lipinski definition) is 3. The third kappa shape index (κ3) is 2.41. The Kier molecular flexibility index (Phi) is 3.56. The fourth-order valence-corrected chi connectivity index (χ4v) is 2.21. The Labute approximate surface area is 103 Å². The molecule has 5 heteroatoms. The van der Waals surface area contributed by atoms with E-state index in [0.717, 1.165) is 23.2 Å². The standard InChI is InChI=1S/C11H14BrN3O/c1-7-4-14-5-8(7)11(16)15-10-2-3-13-6-9(10)12/h2-3,6-8,14H,4-5H2,1H3,(H,13,15,16). The Hall–Kier alpha value is -0.940. The fourth-order valence-electron chi connectivity index (χ4n) is 1.86. The number of nitrogens with zero attached hydrogens (tertiary/aromatic N) is 1. The van der Waals surface area contributed by atoms with Gasteiger partial charge in [0.15, 0.2) is 0 Å². The molecule has 1 saturated heterocycles. The minimum atomic E-state index is 0.0556. The molecule has 2 atom stereocenters. The molecule has 2 N–H and O–H groups in total. The minimum absolute atomic E-state index is 0.0556. The number of anilines is 1. The van der Waals surface area contributed by atoms with Crippen LogP contribution >= 0.6 is 15.9 Å². The second kappa shape index (κ2) is 4.93. The largest absolute Gasteiger partial charge is 0.325 e. The van der Waals surface area contributed by atoms with Crippen molar-refractivity contribution >= 4 is 27.5 Å². The van der Waals surface area contributed by atoms with Gasteiger partial charge in [-0.15, -0.1) is 0 Å². The van der Waals surface area contributed by atoms with Crippen LogP contribution in [0.1, 0.15) is 6.92 Å². The topological polar surface area (TPSA) is 54.0 Å². The molecule has 0 aromatic carbocycles. The van der Waals surface area contributed by atoms with Gasteiger partial charge in [-0.2, -0.15) is 0 Å². The maximum absolute atomic E-state index is 12.0. The second-order valence-corrected chi connectivity index (χ2v) is 4.94. The second-order valence-electron chi connectivity index (χ2n) is 4.09. The zero-order valence-corrected chi connectivity index (χ0v) is 10.6. The van der Waals surface area contributed by atoms with Gasteiger partial charge in [0.1, 0.15) is 0 Å². The van der Waals surface area contributed by atoms with E-state index in [1.54, 1.807) is 18.5 Å². The van der Waals surface area contributed by atoms with Crippen LogP contribution in [0.15, 0.2) is 22.9 Å². The number of carbonyl (C=O) groups excluding carboxylic acids is 1. The van der Waals surface area contributed by atoms with Crippen LogP contribution in [-0.2, 0) is 4.79 Å². The summed E-state index contributed by atoms with van der Waals surface area (Å²) in [5.74, 6) is 0.519. The molecule has 0 radical (unpaired) electrons. The number of nitrogens with one attached hydrogen (secondary N) is 2. The summed E-state index contributed by atoms with van der Waals surface area (Å²) in [6, 6.07) is 1.79. The predicted molar refractivity (Wildman–Crippen MR) is 66.1 cm³/mol. The molecule has 1 fully saturated rings. The molecular weight excluding hydrogens is 270 g/mol. The molecule has 2 unspecified atom stereocenters. The van der Waals surface area contributed by atoms with Crippen LogP contribution in [0.25, 0.3) is 0 Å². The summed E-state index contributed by atoms with van der Waals surface area (Å²) in [5.41, 5.74) is 0.777. The molecule has 1 amide bonds. The molecule has 2 rings (SSSR count). The lowest BCUT2D eigenvalue weighted by Gasteiger charge is -2.14. The van der Waals surface area contributed by atoms with E-state index >= 15 is 0 Å². The maximum Gasteiger partial charge on any atom is 0.229 e. The molecule has 86 valence electrons. The highest BCUT2D eigenvalue weighted by Crippen LogP contribution is 2.23. The summed E-state index contributed by atoms with van der Waals surface area (Å²) in [6.45, 7) is 3.76. The first-order valence-electron chi connectivity index (χ1n) is 5.29. The van der Waals surface area contributed by atoms with Gasteiger partial charge in [-0.05, 0) is 34.5 Å². The molecule has 0 bridgehead atoms. The van der Waals surface area contributed by atoms with Crippen LogP contribution in [0.3, 0.4) is 0 Å². The van der Waals surface area contributed by atoms with E-state index in [2.05, 4.69) is 38.5 Å². The number of carbonyl (C=O) groups is 1. The van der Waals surface area contributed by atoms with Gasteiger partial charge in [0.2, 0.25) is 5.91 Å². The number of amides is 1. The van der Waals surface area contributed by atoms with Crippen molar-refractivity contribution in [1.29, 1.82) is 0 Å². The monoisotopic (exact) mass is 283 g/mol. The van der Waals surface area contributed by atoms with Gasteiger partial charge in [-0.3, -0.25) is 9.78 Å². The third-order valence-electron chi connectivity index (χ3n) is 2.88. The Balaban J connectivity index is 2.05. The summed E-state index contributed by atoms with van der Waals surface area (Å²) >= 11 is 3.36. The van der Waals surface area contributed by atoms with E-state index in [4.69, 9.17) is 0 Å². The Bertz CT molecular complexity index is 397. The van der Waals surface area contributed by atoms with Crippen molar-refractivity contribution in [2.45, 2.75) is 6.92 Å². The molecule has 1 aromatic heterocycles. The van der Waals surface area contributed by atoms with Gasteiger partial charge in [-0.25, -0.2) is 0 Å². The summed E-state index contributed by atoms with van der Waals surface area (Å²) in [7, 11) is 0. The molecule has 4 nitrogen and oxygen atoms in total. The number of halogens is 1. The highest BCUT2D eigenvalue weighted by atomic mass is 79.9. The third-order valence-corrected chi connectivity index (χ3v) is 3.52. The zero-order valence-electron chi connectivity index (χ0n) is 9.03. The van der Waals surface area contributed by atoms with Gasteiger partial charge in [0, 0.05) is 18.9 Å². The molecule has 16 heavy (non-hydrogen) atoms. The number of hydrogen-bond donors (Lipinski definition) is 2. The number of rotatable bonds is 2. The Morgan fingerprint density at radius 2 is 2.44 bits per heavy atom. The van der Waals surface area contributed by atoms with Crippen molar-refractivity contribution in [2.75, 3.05) is 18.4 Å². The molecule has 0 saturated carbocycles. The molecule has 1 aliphatic heterocycles. The summed E-state index contributed by atoms with van der Waals surface area (Å²) < 4.78 is 0.807. The van der Waals surface area contributed by atoms with Crippen LogP contribution in [0, 0.1) is 11.8 Å². The van der Waals surface area contributed by atoms with E-state index in [1.165, 1.54) is 0 Å². The summed E-state index contributed by atoms with van der Waals surface area (Å²) in [6.07, 6.45) is 3.34. The quantitative estimate of drug-likeness (QED) is 0.868. The smallest absolute Gasteiger partial charge is 0.229 e. The lowest BCUT2D eigenvalue weighted by atomic mass is 9.97. The molecule has 1 aliphatic rings. The molecule has 1 aromatic rings. The van der Waals surface area contributed by atoms with Crippen molar-refractivity contribution in [1.82, 2.24) is 10.3 Å². The van der Waals surface area contributed by atoms with E-state index in [1.807, 2.05) is 0 Å². The molecule has 0 spiro atoms. The van der Waals surface area contributed by atoms with Crippen LogP contribution in [0.4, 0.5) is 5.69 Å². The summed E-state index contributed by atoms with van der Waals surface area (Å²) in [4.78, 5) is 15.9. The Morgan fingerprint density at radius 1 is 1.62 bits per heavy atom. The zero-order chi connectivity index (χ0) is 11.5. The first-order valence-corrected chi connectivity index (χ1v) is 6.09. The first-order chi connectivity index (χ1) is 7.68. The van der Waals surface area contributed by atoms with E-state index in [9.17, 15) is 4.79 Å². The van der Waals surface area contributed by atoms with Crippen LogP contribution in [0.5, 0.6) is 0 Å². The van der Waals surface area contributed by atoms with Gasteiger partial charge in [-0.1, -0.05) is 6.92 Å². The average molecular weight is 284 g/mol. The first kappa shape index (κ1) is 11.5. The van der Waals surface area contributed by atoms with Crippen molar-refractivity contribution in [2.24, 2.45) is 11.8 Å². The van der Waals surface area contributed by atoms with E-state index in [0.29, 0.717) is 5.92 Å². The number of aromatic nitrogens is 1. The van der Waals surface area contributed by atoms with Crippen molar-refractivity contribution in [3.8, 4) is 0 Å². The minimum Gasteiger partial charge on any atom is -0.325 e. The van der Waals surface area contributed by atoms with Gasteiger partial charge >= 0.3 is 0 Å². The average Bonchev–Trinajstić information content (AvgIpc) is 2.68. The van der Waals surface area contributed by atoms with Crippen molar-refractivity contribution in [3.05, 3.63) is 22.9 Å². The molecule has 0 aliphatic carbocycles. The van der Waals surface area contributed by atoms with E-state index in [-0.39, 0.29) is 11.8 Å². The van der Waals surface area contributed by atoms with Crippen LogP contribution in [-0.4, -0.2) is 24.0 Å². The highest BCUT2D eigenvalue weighted by molar-refractivity contribution is 9.10. The lowest BCUT2D eigenvalue weighted by Crippen LogP contribution is -2.27. The number of pyridine rings is 1.